The van der Waals surface area contributed by atoms with Gasteiger partial charge in [0.25, 0.3) is 5.91 Å². The minimum atomic E-state index is -0.270. The van der Waals surface area contributed by atoms with Gasteiger partial charge in [-0.3, -0.25) is 19.3 Å². The third kappa shape index (κ3) is 4.37. The molecule has 1 amide bonds. The number of carbonyl (C=O) groups excluding carboxylic acids is 1. The number of morpholine rings is 1. The zero-order chi connectivity index (χ0) is 26.4. The van der Waals surface area contributed by atoms with Gasteiger partial charge in [0.15, 0.2) is 5.75 Å². The number of fused-ring (bicyclic) bond motifs is 2. The van der Waals surface area contributed by atoms with Crippen LogP contribution in [0, 0.1) is 5.92 Å². The highest BCUT2D eigenvalue weighted by atomic mass is 16.5. The number of aromatic amines is 1. The fraction of sp³-hybridized carbons (Fsp3) is 0.345. The Morgan fingerprint density at radius 2 is 1.82 bits per heavy atom. The molecule has 1 aromatic heterocycles. The van der Waals surface area contributed by atoms with E-state index in [4.69, 9.17) is 9.47 Å². The van der Waals surface area contributed by atoms with Crippen LogP contribution in [-0.4, -0.2) is 69.9 Å². The van der Waals surface area contributed by atoms with E-state index in [0.29, 0.717) is 29.3 Å². The van der Waals surface area contributed by atoms with Gasteiger partial charge >= 0.3 is 5.69 Å². The summed E-state index contributed by atoms with van der Waals surface area (Å²) in [6.07, 6.45) is 5.75. The van der Waals surface area contributed by atoms with E-state index < -0.39 is 0 Å². The summed E-state index contributed by atoms with van der Waals surface area (Å²) in [5.41, 5.74) is 3.39. The number of allylic oxidation sites excluding steroid dienone is 2. The summed E-state index contributed by atoms with van der Waals surface area (Å²) < 4.78 is 14.1. The second kappa shape index (κ2) is 9.74. The van der Waals surface area contributed by atoms with E-state index in [1.807, 2.05) is 54.7 Å². The van der Waals surface area contributed by atoms with E-state index in [1.54, 1.807) is 22.7 Å². The van der Waals surface area contributed by atoms with Gasteiger partial charge < -0.3 is 19.4 Å². The van der Waals surface area contributed by atoms with Crippen LogP contribution in [0.4, 0.5) is 0 Å². The van der Waals surface area contributed by atoms with Crippen molar-refractivity contribution in [3.05, 3.63) is 77.0 Å². The Kier molecular flexibility index (Phi) is 6.25. The number of aliphatic imine (C=N–C) groups is 1. The van der Waals surface area contributed by atoms with Gasteiger partial charge in [-0.1, -0.05) is 24.3 Å². The molecule has 196 valence electrons. The molecule has 1 saturated heterocycles. The van der Waals surface area contributed by atoms with E-state index in [-0.39, 0.29) is 29.7 Å². The molecule has 0 aliphatic carbocycles. The molecule has 3 aliphatic heterocycles. The normalized spacial score (nSPS) is 23.5. The second-order valence-corrected chi connectivity index (χ2v) is 10.2. The first kappa shape index (κ1) is 24.4. The van der Waals surface area contributed by atoms with Crippen molar-refractivity contribution in [2.24, 2.45) is 10.9 Å². The number of para-hydroxylation sites is 1. The Labute approximate surface area is 220 Å². The van der Waals surface area contributed by atoms with Gasteiger partial charge in [0.2, 0.25) is 0 Å². The molecule has 6 rings (SSSR count). The molecular weight excluding hydrogens is 482 g/mol. The monoisotopic (exact) mass is 513 g/mol. The molecule has 0 bridgehead atoms. The maximum absolute atomic E-state index is 13.2. The van der Waals surface area contributed by atoms with Crippen LogP contribution < -0.4 is 10.4 Å². The summed E-state index contributed by atoms with van der Waals surface area (Å²) >= 11 is 0. The molecule has 0 radical (unpaired) electrons. The zero-order valence-corrected chi connectivity index (χ0v) is 21.8. The molecule has 1 N–H and O–H groups in total. The van der Waals surface area contributed by atoms with Crippen LogP contribution in [0.3, 0.4) is 0 Å². The van der Waals surface area contributed by atoms with Crippen LogP contribution >= 0.6 is 0 Å². The molecule has 0 spiro atoms. The van der Waals surface area contributed by atoms with Crippen molar-refractivity contribution in [3.8, 4) is 11.5 Å². The van der Waals surface area contributed by atoms with Gasteiger partial charge in [0, 0.05) is 51.2 Å². The lowest BCUT2D eigenvalue weighted by Crippen LogP contribution is -2.46. The average molecular weight is 514 g/mol. The maximum Gasteiger partial charge on any atom is 0.326 e. The van der Waals surface area contributed by atoms with E-state index in [2.05, 4.69) is 28.7 Å². The number of nitrogens with one attached hydrogen (secondary N) is 1. The van der Waals surface area contributed by atoms with Crippen molar-refractivity contribution in [3.63, 3.8) is 0 Å². The standard InChI is InChI=1S/C29H31N5O4/c1-18-15-33(16-19(2)37-18)13-14-34-24-10-9-22(23-17-32(3)28(35)25-21(23)11-12-30-25)27(26(24)31-29(34)36)38-20-7-5-4-6-8-20/h4-12,17-19,21H,13-16H2,1-3H3,(H,31,36)/t18-,19+,21?. The first-order valence-electron chi connectivity index (χ1n) is 13.0. The Bertz CT molecular complexity index is 1520. The summed E-state index contributed by atoms with van der Waals surface area (Å²) in [5, 5.41) is 0. The lowest BCUT2D eigenvalue weighted by atomic mass is 9.86. The molecule has 3 atom stereocenters. The van der Waals surface area contributed by atoms with Gasteiger partial charge in [-0.15, -0.1) is 0 Å². The van der Waals surface area contributed by atoms with E-state index in [0.717, 1.165) is 36.3 Å². The number of amides is 1. The third-order valence-corrected chi connectivity index (χ3v) is 7.31. The van der Waals surface area contributed by atoms with Gasteiger partial charge in [-0.2, -0.15) is 0 Å². The fourth-order valence-electron chi connectivity index (χ4n) is 5.66. The van der Waals surface area contributed by atoms with E-state index >= 15 is 0 Å². The van der Waals surface area contributed by atoms with Gasteiger partial charge in [-0.05, 0) is 43.7 Å². The number of carbonyl (C=O) groups is 1. The largest absolute Gasteiger partial charge is 0.454 e. The van der Waals surface area contributed by atoms with Crippen LogP contribution in [0.2, 0.25) is 0 Å². The Morgan fingerprint density at radius 1 is 1.05 bits per heavy atom. The lowest BCUT2D eigenvalue weighted by molar-refractivity contribution is -0.121. The molecule has 0 saturated carbocycles. The van der Waals surface area contributed by atoms with Gasteiger partial charge in [0.1, 0.15) is 17.0 Å². The smallest absolute Gasteiger partial charge is 0.326 e. The Balaban J connectivity index is 1.42. The maximum atomic E-state index is 13.2. The summed E-state index contributed by atoms with van der Waals surface area (Å²) in [6.45, 7) is 7.13. The quantitative estimate of drug-likeness (QED) is 0.544. The number of hydrogen-bond donors (Lipinski definition) is 1. The van der Waals surface area contributed by atoms with Crippen LogP contribution in [0.15, 0.2) is 70.7 Å². The molecular formula is C29H31N5O4. The summed E-state index contributed by atoms with van der Waals surface area (Å²) in [4.78, 5) is 37.2. The summed E-state index contributed by atoms with van der Waals surface area (Å²) in [7, 11) is 1.72. The molecule has 3 aromatic rings. The molecule has 4 heterocycles. The molecule has 1 fully saturated rings. The van der Waals surface area contributed by atoms with Gasteiger partial charge in [-0.25, -0.2) is 4.79 Å². The molecule has 9 heteroatoms. The first-order chi connectivity index (χ1) is 18.4. The minimum absolute atomic E-state index is 0.123. The fourth-order valence-corrected chi connectivity index (χ4v) is 5.66. The number of ether oxygens (including phenoxy) is 2. The van der Waals surface area contributed by atoms with Crippen LogP contribution in [0.5, 0.6) is 11.5 Å². The number of aromatic nitrogens is 2. The van der Waals surface area contributed by atoms with E-state index in [9.17, 15) is 9.59 Å². The van der Waals surface area contributed by atoms with Crippen molar-refractivity contribution in [2.45, 2.75) is 32.6 Å². The highest BCUT2D eigenvalue weighted by molar-refractivity contribution is 6.44. The van der Waals surface area contributed by atoms with Gasteiger partial charge in [0.05, 0.1) is 23.6 Å². The molecule has 3 aliphatic rings. The number of hydrogen-bond acceptors (Lipinski definition) is 6. The van der Waals surface area contributed by atoms with Crippen molar-refractivity contribution in [1.82, 2.24) is 19.4 Å². The zero-order valence-electron chi connectivity index (χ0n) is 21.8. The molecule has 1 unspecified atom stereocenters. The lowest BCUT2D eigenvalue weighted by Gasteiger charge is -2.35. The predicted molar refractivity (Wildman–Crippen MR) is 146 cm³/mol. The number of benzene rings is 2. The Hall–Kier alpha value is -3.95. The van der Waals surface area contributed by atoms with Crippen LogP contribution in [0.25, 0.3) is 16.6 Å². The number of nitrogens with zero attached hydrogens (tertiary/aromatic N) is 4. The van der Waals surface area contributed by atoms with Crippen molar-refractivity contribution >= 4 is 28.2 Å². The van der Waals surface area contributed by atoms with Crippen molar-refractivity contribution in [1.29, 1.82) is 0 Å². The summed E-state index contributed by atoms with van der Waals surface area (Å²) in [5.74, 6) is 0.810. The number of imidazole rings is 1. The van der Waals surface area contributed by atoms with Crippen molar-refractivity contribution in [2.75, 3.05) is 26.7 Å². The van der Waals surface area contributed by atoms with Crippen molar-refractivity contribution < 1.29 is 14.3 Å². The highest BCUT2D eigenvalue weighted by Gasteiger charge is 2.35. The number of H-pyrrole nitrogens is 1. The van der Waals surface area contributed by atoms with E-state index in [1.165, 1.54) is 0 Å². The van der Waals surface area contributed by atoms with Crippen LogP contribution in [0.1, 0.15) is 19.4 Å². The third-order valence-electron chi connectivity index (χ3n) is 7.31. The van der Waals surface area contributed by atoms with Crippen LogP contribution in [-0.2, 0) is 16.1 Å². The number of rotatable bonds is 6. The second-order valence-electron chi connectivity index (χ2n) is 10.2. The predicted octanol–water partition coefficient (Wildman–Crippen LogP) is 3.63. The topological polar surface area (TPSA) is 92.2 Å². The average Bonchev–Trinajstić information content (AvgIpc) is 3.50. The SMILES string of the molecule is C[C@@H]1CN(CCn2c(=O)[nH]c3c(Oc4ccccc4)c(C4=CN(C)C(=O)C5=NC=CC45)ccc32)C[C@H](C)O1. The highest BCUT2D eigenvalue weighted by Crippen LogP contribution is 2.42. The molecule has 38 heavy (non-hydrogen) atoms. The Morgan fingerprint density at radius 3 is 2.58 bits per heavy atom. The first-order valence-corrected chi connectivity index (χ1v) is 13.0. The minimum Gasteiger partial charge on any atom is -0.454 e. The summed E-state index contributed by atoms with van der Waals surface area (Å²) in [6, 6.07) is 13.4. The molecule has 2 aromatic carbocycles. The molecule has 9 nitrogen and oxygen atoms in total.